The normalized spacial score (nSPS) is 12.1. The topological polar surface area (TPSA) is 32.6 Å². The van der Waals surface area contributed by atoms with E-state index in [4.69, 9.17) is 5.21 Å². The summed E-state index contributed by atoms with van der Waals surface area (Å²) >= 11 is 3.17. The molecule has 0 aliphatic heterocycles. The van der Waals surface area contributed by atoms with Crippen LogP contribution in [0, 0.1) is 0 Å². The van der Waals surface area contributed by atoms with Crippen LogP contribution in [-0.2, 0) is 0 Å². The van der Waals surface area contributed by atoms with Gasteiger partial charge in [-0.2, -0.15) is 0 Å². The van der Waals surface area contributed by atoms with Crippen LogP contribution in [0.25, 0.3) is 0 Å². The highest BCUT2D eigenvalue weighted by Gasteiger charge is 1.80. The molecule has 0 amide bonds. The van der Waals surface area contributed by atoms with E-state index in [0.717, 1.165) is 4.48 Å². The van der Waals surface area contributed by atoms with Crippen molar-refractivity contribution in [1.29, 1.82) is 0 Å². The van der Waals surface area contributed by atoms with Gasteiger partial charge in [0.1, 0.15) is 0 Å². The fourth-order valence-corrected chi connectivity index (χ4v) is 0.568. The third kappa shape index (κ3) is 5.56. The second-order valence-electron chi connectivity index (χ2n) is 2.04. The van der Waals surface area contributed by atoms with E-state index in [1.165, 1.54) is 11.8 Å². The number of halogens is 1. The molecule has 0 radical (unpaired) electrons. The van der Waals surface area contributed by atoms with E-state index in [0.29, 0.717) is 0 Å². The molecular formula is C7H10BrNO. The van der Waals surface area contributed by atoms with Crippen molar-refractivity contribution in [3.8, 4) is 0 Å². The van der Waals surface area contributed by atoms with Crippen molar-refractivity contribution in [1.82, 2.24) is 0 Å². The average molecular weight is 204 g/mol. The van der Waals surface area contributed by atoms with E-state index in [2.05, 4.69) is 21.1 Å². The van der Waals surface area contributed by atoms with Gasteiger partial charge >= 0.3 is 0 Å². The van der Waals surface area contributed by atoms with Crippen molar-refractivity contribution < 1.29 is 5.21 Å². The van der Waals surface area contributed by atoms with Gasteiger partial charge in [-0.15, -0.1) is 0 Å². The fraction of sp³-hybridized carbons (Fsp3) is 0.286. The first-order valence-corrected chi connectivity index (χ1v) is 3.64. The highest BCUT2D eigenvalue weighted by molar-refractivity contribution is 9.12. The molecule has 0 aromatic heterocycles. The lowest BCUT2D eigenvalue weighted by molar-refractivity contribution is 0.322. The Morgan fingerprint density at radius 2 is 2.00 bits per heavy atom. The highest BCUT2D eigenvalue weighted by atomic mass is 79.9. The summed E-state index contributed by atoms with van der Waals surface area (Å²) in [7, 11) is 0. The first-order chi connectivity index (χ1) is 4.66. The van der Waals surface area contributed by atoms with Gasteiger partial charge in [0.2, 0.25) is 0 Å². The van der Waals surface area contributed by atoms with E-state index >= 15 is 0 Å². The Bertz CT molecular complexity index is 178. The van der Waals surface area contributed by atoms with Crippen molar-refractivity contribution in [3.05, 3.63) is 22.2 Å². The summed E-state index contributed by atoms with van der Waals surface area (Å²) in [5.41, 5.74) is 1.20. The molecule has 0 aromatic rings. The van der Waals surface area contributed by atoms with Crippen molar-refractivity contribution in [2.45, 2.75) is 13.8 Å². The summed E-state index contributed by atoms with van der Waals surface area (Å²) in [6.45, 7) is 3.99. The second-order valence-corrected chi connectivity index (χ2v) is 2.96. The zero-order chi connectivity index (χ0) is 7.98. The Morgan fingerprint density at radius 3 is 2.40 bits per heavy atom. The Balaban J connectivity index is 4.05. The largest absolute Gasteiger partial charge is 0.411 e. The Kier molecular flexibility index (Phi) is 4.94. The van der Waals surface area contributed by atoms with Crippen LogP contribution in [0.2, 0.25) is 0 Å². The van der Waals surface area contributed by atoms with Gasteiger partial charge < -0.3 is 5.21 Å². The molecule has 2 nitrogen and oxygen atoms in total. The number of nitrogens with zero attached hydrogens (tertiary/aromatic N) is 1. The fourth-order valence-electron chi connectivity index (χ4n) is 0.344. The molecule has 0 bridgehead atoms. The van der Waals surface area contributed by atoms with Crippen LogP contribution < -0.4 is 0 Å². The SMILES string of the molecule is CC(C)=C/C=C(Br)\C=N\O. The van der Waals surface area contributed by atoms with E-state index in [9.17, 15) is 0 Å². The van der Waals surface area contributed by atoms with Gasteiger partial charge in [0, 0.05) is 4.48 Å². The summed E-state index contributed by atoms with van der Waals surface area (Å²) in [4.78, 5) is 0. The van der Waals surface area contributed by atoms with Gasteiger partial charge in [-0.3, -0.25) is 0 Å². The van der Waals surface area contributed by atoms with Gasteiger partial charge in [-0.25, -0.2) is 0 Å². The third-order valence-electron chi connectivity index (χ3n) is 0.757. The summed E-state index contributed by atoms with van der Waals surface area (Å²) in [5, 5.41) is 10.9. The van der Waals surface area contributed by atoms with Crippen LogP contribution in [0.5, 0.6) is 0 Å². The number of hydrogen-bond acceptors (Lipinski definition) is 2. The van der Waals surface area contributed by atoms with Gasteiger partial charge in [0.15, 0.2) is 0 Å². The van der Waals surface area contributed by atoms with Gasteiger partial charge in [-0.05, 0) is 35.9 Å². The molecule has 0 aliphatic carbocycles. The van der Waals surface area contributed by atoms with Crippen molar-refractivity contribution >= 4 is 22.1 Å². The monoisotopic (exact) mass is 203 g/mol. The number of hydrogen-bond donors (Lipinski definition) is 1. The van der Waals surface area contributed by atoms with Crippen LogP contribution >= 0.6 is 15.9 Å². The Morgan fingerprint density at radius 1 is 1.40 bits per heavy atom. The molecule has 0 saturated carbocycles. The maximum Gasteiger partial charge on any atom is 0.0803 e. The lowest BCUT2D eigenvalue weighted by Gasteiger charge is -1.84. The van der Waals surface area contributed by atoms with Crippen LogP contribution in [0.3, 0.4) is 0 Å². The molecular weight excluding hydrogens is 194 g/mol. The third-order valence-corrected chi connectivity index (χ3v) is 1.23. The molecule has 0 spiro atoms. The lowest BCUT2D eigenvalue weighted by Crippen LogP contribution is -1.71. The molecule has 3 heteroatoms. The highest BCUT2D eigenvalue weighted by Crippen LogP contribution is 2.02. The van der Waals surface area contributed by atoms with E-state index in [1.807, 2.05) is 26.0 Å². The van der Waals surface area contributed by atoms with E-state index in [-0.39, 0.29) is 0 Å². The zero-order valence-electron chi connectivity index (χ0n) is 6.00. The predicted molar refractivity (Wildman–Crippen MR) is 46.7 cm³/mol. The summed E-state index contributed by atoms with van der Waals surface area (Å²) < 4.78 is 0.746. The molecule has 56 valence electrons. The minimum absolute atomic E-state index is 0.746. The lowest BCUT2D eigenvalue weighted by atomic mass is 10.3. The molecule has 0 atom stereocenters. The first-order valence-electron chi connectivity index (χ1n) is 2.85. The second kappa shape index (κ2) is 5.23. The van der Waals surface area contributed by atoms with Crippen molar-refractivity contribution in [2.75, 3.05) is 0 Å². The molecule has 1 N–H and O–H groups in total. The number of allylic oxidation sites excluding steroid dienone is 4. The summed E-state index contributed by atoms with van der Waals surface area (Å²) in [6, 6.07) is 0. The maximum absolute atomic E-state index is 8.08. The van der Waals surface area contributed by atoms with Gasteiger partial charge in [0.05, 0.1) is 6.21 Å². The smallest absolute Gasteiger partial charge is 0.0803 e. The Hall–Kier alpha value is -0.570. The van der Waals surface area contributed by atoms with Gasteiger partial charge in [-0.1, -0.05) is 16.8 Å². The molecule has 0 fully saturated rings. The quantitative estimate of drug-likeness (QED) is 0.319. The van der Waals surface area contributed by atoms with Crippen LogP contribution in [0.1, 0.15) is 13.8 Å². The molecule has 10 heavy (non-hydrogen) atoms. The van der Waals surface area contributed by atoms with Crippen LogP contribution in [0.4, 0.5) is 0 Å². The first kappa shape index (κ1) is 9.43. The minimum Gasteiger partial charge on any atom is -0.411 e. The summed E-state index contributed by atoms with van der Waals surface area (Å²) in [5.74, 6) is 0. The molecule has 0 saturated heterocycles. The summed E-state index contributed by atoms with van der Waals surface area (Å²) in [6.07, 6.45) is 5.06. The standard InChI is InChI=1S/C7H10BrNO/c1-6(2)3-4-7(8)5-9-10/h3-5,10H,1-2H3/b7-4+,9-5+. The van der Waals surface area contributed by atoms with Gasteiger partial charge in [0.25, 0.3) is 0 Å². The van der Waals surface area contributed by atoms with Crippen molar-refractivity contribution in [3.63, 3.8) is 0 Å². The number of oxime groups is 1. The van der Waals surface area contributed by atoms with Crippen LogP contribution in [-0.4, -0.2) is 11.4 Å². The average Bonchev–Trinajstić information content (AvgIpc) is 1.85. The van der Waals surface area contributed by atoms with E-state index in [1.54, 1.807) is 0 Å². The van der Waals surface area contributed by atoms with Crippen molar-refractivity contribution in [2.24, 2.45) is 5.16 Å². The molecule has 0 unspecified atom stereocenters. The Labute approximate surface area is 69.1 Å². The molecule has 0 aliphatic rings. The zero-order valence-corrected chi connectivity index (χ0v) is 7.59. The molecule has 0 heterocycles. The molecule has 0 rings (SSSR count). The molecule has 0 aromatic carbocycles. The number of rotatable bonds is 2. The minimum atomic E-state index is 0.746. The predicted octanol–water partition coefficient (Wildman–Crippen LogP) is 2.69. The maximum atomic E-state index is 8.08. The van der Waals surface area contributed by atoms with E-state index < -0.39 is 0 Å². The van der Waals surface area contributed by atoms with Crippen LogP contribution in [0.15, 0.2) is 27.4 Å².